The van der Waals surface area contributed by atoms with Crippen LogP contribution < -0.4 is 21.3 Å². The van der Waals surface area contributed by atoms with Gasteiger partial charge in [-0.1, -0.05) is 6.07 Å². The minimum Gasteiger partial charge on any atom is -0.497 e. The number of thiophene rings is 1. The normalized spacial score (nSPS) is 10.9. The molecule has 2 aromatic carbocycles. The molecule has 2 aromatic heterocycles. The Labute approximate surface area is 173 Å². The SMILES string of the molecule is COc1cccc(NC(=O)Cn2c(=O)n(-c3ccc(F)cc3)c(=O)c3sccc32)c1. The second-order valence-electron chi connectivity index (χ2n) is 6.40. The summed E-state index contributed by atoms with van der Waals surface area (Å²) in [5, 5.41) is 4.40. The van der Waals surface area contributed by atoms with Crippen LogP contribution in [0.2, 0.25) is 0 Å². The van der Waals surface area contributed by atoms with Crippen molar-refractivity contribution >= 4 is 33.1 Å². The van der Waals surface area contributed by atoms with Crippen molar-refractivity contribution < 1.29 is 13.9 Å². The number of hydrogen-bond acceptors (Lipinski definition) is 5. The molecule has 1 N–H and O–H groups in total. The van der Waals surface area contributed by atoms with E-state index in [1.165, 1.54) is 47.3 Å². The fourth-order valence-electron chi connectivity index (χ4n) is 3.10. The Hall–Kier alpha value is -3.72. The number of halogens is 1. The van der Waals surface area contributed by atoms with E-state index < -0.39 is 23.0 Å². The van der Waals surface area contributed by atoms with Crippen LogP contribution >= 0.6 is 11.3 Å². The predicted octanol–water partition coefficient (Wildman–Crippen LogP) is 3.00. The standard InChI is InChI=1S/C21H16FN3O4S/c1-29-16-4-2-3-14(11-16)23-18(26)12-24-17-9-10-30-19(17)20(27)25(21(24)28)15-7-5-13(22)6-8-15/h2-11H,12H2,1H3,(H,23,26). The van der Waals surface area contributed by atoms with E-state index in [1.54, 1.807) is 35.7 Å². The number of hydrogen-bond donors (Lipinski definition) is 1. The molecular weight excluding hydrogens is 409 g/mol. The van der Waals surface area contributed by atoms with Crippen LogP contribution in [0.4, 0.5) is 10.1 Å². The maximum absolute atomic E-state index is 13.3. The Morgan fingerprint density at radius 3 is 2.63 bits per heavy atom. The quantitative estimate of drug-likeness (QED) is 0.533. The van der Waals surface area contributed by atoms with Gasteiger partial charge in [-0.15, -0.1) is 11.3 Å². The van der Waals surface area contributed by atoms with Crippen molar-refractivity contribution in [2.24, 2.45) is 0 Å². The summed E-state index contributed by atoms with van der Waals surface area (Å²) >= 11 is 1.17. The van der Waals surface area contributed by atoms with E-state index in [2.05, 4.69) is 5.32 Å². The molecule has 0 atom stereocenters. The molecule has 0 aliphatic carbocycles. The largest absolute Gasteiger partial charge is 0.497 e. The molecule has 0 saturated carbocycles. The second kappa shape index (κ2) is 7.96. The maximum atomic E-state index is 13.3. The molecule has 0 fully saturated rings. The first-order valence-electron chi connectivity index (χ1n) is 8.91. The van der Waals surface area contributed by atoms with Crippen molar-refractivity contribution in [1.82, 2.24) is 9.13 Å². The molecule has 0 spiro atoms. The van der Waals surface area contributed by atoms with Gasteiger partial charge in [0.15, 0.2) is 0 Å². The Morgan fingerprint density at radius 1 is 1.13 bits per heavy atom. The fraction of sp³-hybridized carbons (Fsp3) is 0.0952. The lowest BCUT2D eigenvalue weighted by atomic mass is 10.3. The van der Waals surface area contributed by atoms with Gasteiger partial charge in [-0.2, -0.15) is 0 Å². The van der Waals surface area contributed by atoms with Crippen molar-refractivity contribution in [2.45, 2.75) is 6.54 Å². The van der Waals surface area contributed by atoms with Gasteiger partial charge < -0.3 is 10.1 Å². The zero-order chi connectivity index (χ0) is 21.3. The number of amides is 1. The number of nitrogens with zero attached hydrogens (tertiary/aromatic N) is 2. The molecule has 4 rings (SSSR count). The molecule has 0 radical (unpaired) electrons. The van der Waals surface area contributed by atoms with Crippen molar-refractivity contribution in [3.63, 3.8) is 0 Å². The van der Waals surface area contributed by atoms with Crippen LogP contribution in [0.3, 0.4) is 0 Å². The van der Waals surface area contributed by atoms with Gasteiger partial charge in [-0.05, 0) is 47.8 Å². The average molecular weight is 425 g/mol. The van der Waals surface area contributed by atoms with Crippen molar-refractivity contribution in [1.29, 1.82) is 0 Å². The second-order valence-corrected chi connectivity index (χ2v) is 7.32. The number of rotatable bonds is 5. The molecule has 0 aliphatic rings. The maximum Gasteiger partial charge on any atom is 0.336 e. The number of ether oxygens (including phenoxy) is 1. The highest BCUT2D eigenvalue weighted by molar-refractivity contribution is 7.17. The summed E-state index contributed by atoms with van der Waals surface area (Å²) in [5.74, 6) is -0.348. The van der Waals surface area contributed by atoms with Gasteiger partial charge in [0.25, 0.3) is 5.56 Å². The van der Waals surface area contributed by atoms with E-state index in [0.29, 0.717) is 21.7 Å². The van der Waals surface area contributed by atoms with Gasteiger partial charge in [0, 0.05) is 11.8 Å². The molecule has 30 heavy (non-hydrogen) atoms. The van der Waals surface area contributed by atoms with Gasteiger partial charge in [-0.3, -0.25) is 14.2 Å². The number of methoxy groups -OCH3 is 1. The summed E-state index contributed by atoms with van der Waals surface area (Å²) in [4.78, 5) is 38.6. The lowest BCUT2D eigenvalue weighted by molar-refractivity contribution is -0.116. The van der Waals surface area contributed by atoms with E-state index in [0.717, 1.165) is 4.57 Å². The van der Waals surface area contributed by atoms with E-state index in [4.69, 9.17) is 4.74 Å². The van der Waals surface area contributed by atoms with E-state index in [9.17, 15) is 18.8 Å². The van der Waals surface area contributed by atoms with Crippen LogP contribution in [0.1, 0.15) is 0 Å². The summed E-state index contributed by atoms with van der Waals surface area (Å²) < 4.78 is 20.9. The summed E-state index contributed by atoms with van der Waals surface area (Å²) in [6.07, 6.45) is 0. The van der Waals surface area contributed by atoms with Crippen molar-refractivity contribution in [3.8, 4) is 11.4 Å². The predicted molar refractivity (Wildman–Crippen MR) is 113 cm³/mol. The Kier molecular flexibility index (Phi) is 5.20. The molecule has 1 amide bonds. The van der Waals surface area contributed by atoms with E-state index in [-0.39, 0.29) is 12.2 Å². The third-order valence-corrected chi connectivity index (χ3v) is 5.39. The molecule has 9 heteroatoms. The van der Waals surface area contributed by atoms with Crippen molar-refractivity contribution in [3.05, 3.63) is 86.6 Å². The van der Waals surface area contributed by atoms with E-state index >= 15 is 0 Å². The minimum absolute atomic E-state index is 0.226. The van der Waals surface area contributed by atoms with Gasteiger partial charge in [0.1, 0.15) is 22.8 Å². The minimum atomic E-state index is -0.682. The number of anilines is 1. The number of carbonyl (C=O) groups is 1. The summed E-state index contributed by atoms with van der Waals surface area (Å²) in [6.45, 7) is -0.301. The van der Waals surface area contributed by atoms with Crippen LogP contribution in [0, 0.1) is 5.82 Å². The first-order valence-corrected chi connectivity index (χ1v) is 9.79. The van der Waals surface area contributed by atoms with Gasteiger partial charge in [-0.25, -0.2) is 13.8 Å². The lowest BCUT2D eigenvalue weighted by Crippen LogP contribution is -2.40. The lowest BCUT2D eigenvalue weighted by Gasteiger charge is -2.13. The number of carbonyl (C=O) groups excluding carboxylic acids is 1. The Balaban J connectivity index is 1.76. The molecular formula is C21H16FN3O4S. The van der Waals surface area contributed by atoms with Crippen LogP contribution in [-0.2, 0) is 11.3 Å². The highest BCUT2D eigenvalue weighted by Gasteiger charge is 2.17. The molecule has 152 valence electrons. The summed E-state index contributed by atoms with van der Waals surface area (Å²) in [7, 11) is 1.52. The average Bonchev–Trinajstić information content (AvgIpc) is 3.23. The third-order valence-electron chi connectivity index (χ3n) is 4.49. The molecule has 0 bridgehead atoms. The zero-order valence-corrected chi connectivity index (χ0v) is 16.6. The fourth-order valence-corrected chi connectivity index (χ4v) is 3.93. The van der Waals surface area contributed by atoms with Crippen LogP contribution in [0.25, 0.3) is 15.9 Å². The van der Waals surface area contributed by atoms with Gasteiger partial charge in [0.2, 0.25) is 5.91 Å². The highest BCUT2D eigenvalue weighted by Crippen LogP contribution is 2.18. The smallest absolute Gasteiger partial charge is 0.336 e. The zero-order valence-electron chi connectivity index (χ0n) is 15.8. The summed E-state index contributed by atoms with van der Waals surface area (Å²) in [6, 6.07) is 13.5. The van der Waals surface area contributed by atoms with Crippen LogP contribution in [0.5, 0.6) is 5.75 Å². The highest BCUT2D eigenvalue weighted by atomic mass is 32.1. The first kappa shape index (κ1) is 19.6. The molecule has 7 nitrogen and oxygen atoms in total. The van der Waals surface area contributed by atoms with Crippen LogP contribution in [0.15, 0.2) is 69.6 Å². The van der Waals surface area contributed by atoms with Gasteiger partial charge >= 0.3 is 5.69 Å². The molecule has 2 heterocycles. The molecule has 0 aliphatic heterocycles. The van der Waals surface area contributed by atoms with Gasteiger partial charge in [0.05, 0.1) is 18.3 Å². The topological polar surface area (TPSA) is 82.3 Å². The monoisotopic (exact) mass is 425 g/mol. The molecule has 0 unspecified atom stereocenters. The Bertz CT molecular complexity index is 1360. The summed E-state index contributed by atoms with van der Waals surface area (Å²) in [5.41, 5.74) is -0.0852. The number of fused-ring (bicyclic) bond motifs is 1. The third kappa shape index (κ3) is 3.62. The van der Waals surface area contributed by atoms with E-state index in [1.807, 2.05) is 0 Å². The number of aromatic nitrogens is 2. The first-order chi connectivity index (χ1) is 14.5. The Morgan fingerprint density at radius 2 is 1.90 bits per heavy atom. The molecule has 0 saturated heterocycles. The molecule has 4 aromatic rings. The number of nitrogens with one attached hydrogen (secondary N) is 1. The van der Waals surface area contributed by atoms with Crippen molar-refractivity contribution in [2.75, 3.05) is 12.4 Å². The van der Waals surface area contributed by atoms with Crippen LogP contribution in [-0.4, -0.2) is 22.2 Å². The number of benzene rings is 2.